The number of hydrogen-bond acceptors (Lipinski definition) is 20. The molecule has 0 radical (unpaired) electrons. The summed E-state index contributed by atoms with van der Waals surface area (Å²) in [6.07, 6.45) is -11.4. The molecule has 6 aliphatic rings. The second kappa shape index (κ2) is 25.6. The highest BCUT2D eigenvalue weighted by Gasteiger charge is 2.53. The van der Waals surface area contributed by atoms with Gasteiger partial charge in [0.15, 0.2) is 36.0 Å². The molecule has 2 N–H and O–H groups in total. The van der Waals surface area contributed by atoms with Gasteiger partial charge < -0.3 is 57.6 Å². The molecular formula is C54H52O20. The van der Waals surface area contributed by atoms with Gasteiger partial charge in [0.05, 0.1) is 22.3 Å². The molecule has 74 heavy (non-hydrogen) atoms. The van der Waals surface area contributed by atoms with E-state index in [1.807, 2.05) is 0 Å². The van der Waals surface area contributed by atoms with Crippen LogP contribution in [0, 0.1) is 0 Å². The first-order chi connectivity index (χ1) is 35.6. The zero-order valence-electron chi connectivity index (χ0n) is 40.0. The van der Waals surface area contributed by atoms with E-state index in [0.29, 0.717) is 0 Å². The Labute approximate surface area is 423 Å². The molecule has 2 saturated heterocycles. The fraction of sp³-hybridized carbons (Fsp3) is 0.333. The van der Waals surface area contributed by atoms with E-state index in [2.05, 4.69) is 0 Å². The lowest BCUT2D eigenvalue weighted by atomic mass is 9.98. The van der Waals surface area contributed by atoms with Crippen LogP contribution in [0.25, 0.3) is 0 Å². The number of aliphatic hydroxyl groups is 2. The van der Waals surface area contributed by atoms with Crippen molar-refractivity contribution in [2.24, 2.45) is 0 Å². The molecular weight excluding hydrogens is 969 g/mol. The number of ketones is 2. The normalized spacial score (nSPS) is 24.9. The lowest BCUT2D eigenvalue weighted by Crippen LogP contribution is -2.62. The Kier molecular flexibility index (Phi) is 18.6. The average molecular weight is 1020 g/mol. The number of hydrogen-bond donors (Lipinski definition) is 2. The van der Waals surface area contributed by atoms with Crippen LogP contribution in [0.4, 0.5) is 0 Å². The van der Waals surface area contributed by atoms with Crippen molar-refractivity contribution < 1.29 is 95.9 Å². The van der Waals surface area contributed by atoms with Gasteiger partial charge in [-0.3, -0.25) is 19.2 Å². The fourth-order valence-electron chi connectivity index (χ4n) is 7.73. The van der Waals surface area contributed by atoms with Crippen molar-refractivity contribution in [3.05, 3.63) is 156 Å². The number of rotatable bonds is 14. The summed E-state index contributed by atoms with van der Waals surface area (Å²) in [5.74, 6) is -5.82. The number of ether oxygens (including phenoxy) is 10. The Bertz CT molecular complexity index is 2500. The minimum absolute atomic E-state index is 0.00475. The maximum Gasteiger partial charge on any atom is 0.338 e. The number of aliphatic hydroxyl groups excluding tert-OH is 2. The summed E-state index contributed by atoms with van der Waals surface area (Å²) in [5.41, 5.74) is 0.0982. The Balaban J connectivity index is 1.20. The van der Waals surface area contributed by atoms with Crippen LogP contribution in [-0.2, 0) is 57.1 Å². The molecule has 6 heterocycles. The predicted molar refractivity (Wildman–Crippen MR) is 253 cm³/mol. The summed E-state index contributed by atoms with van der Waals surface area (Å²) in [6, 6.07) is 26.1. The third kappa shape index (κ3) is 14.6. The third-order valence-corrected chi connectivity index (χ3v) is 11.5. The molecule has 4 aromatic carbocycles. The van der Waals surface area contributed by atoms with Gasteiger partial charge in [-0.05, 0) is 112 Å². The first-order valence-corrected chi connectivity index (χ1v) is 23.4. The highest BCUT2D eigenvalue weighted by atomic mass is 16.7. The molecule has 0 amide bonds. The first kappa shape index (κ1) is 53.8. The fourth-order valence-corrected chi connectivity index (χ4v) is 7.73. The molecule has 0 aliphatic carbocycles. The third-order valence-electron chi connectivity index (χ3n) is 11.5. The molecule has 20 heteroatoms. The molecule has 0 unspecified atom stereocenters. The lowest BCUT2D eigenvalue weighted by Gasteiger charge is -2.43. The summed E-state index contributed by atoms with van der Waals surface area (Å²) in [6.45, 7) is 1.35. The zero-order valence-corrected chi connectivity index (χ0v) is 40.0. The van der Waals surface area contributed by atoms with Gasteiger partial charge in [0, 0.05) is 12.8 Å². The van der Waals surface area contributed by atoms with E-state index in [1.165, 1.54) is 111 Å². The van der Waals surface area contributed by atoms with E-state index >= 15 is 0 Å². The smallest absolute Gasteiger partial charge is 0.338 e. The van der Waals surface area contributed by atoms with Crippen molar-refractivity contribution in [2.45, 2.75) is 101 Å². The largest absolute Gasteiger partial charge is 0.461 e. The highest BCUT2D eigenvalue weighted by Crippen LogP contribution is 2.33. The van der Waals surface area contributed by atoms with E-state index in [1.54, 1.807) is 36.4 Å². The van der Waals surface area contributed by atoms with Crippen molar-refractivity contribution in [3.63, 3.8) is 0 Å². The van der Waals surface area contributed by atoms with Crippen LogP contribution in [0.2, 0.25) is 0 Å². The number of benzene rings is 4. The maximum absolute atomic E-state index is 13.7. The Hall–Kier alpha value is -8.04. The van der Waals surface area contributed by atoms with Gasteiger partial charge in [0.25, 0.3) is 0 Å². The Morgan fingerprint density at radius 1 is 0.514 bits per heavy atom. The SMILES string of the molecule is CC(=O)/C=C\CCC(=O)O[C@H]1[C@H](O)[C@@H](OC(=O)c2ccccc2)[C@@H]2Oc3ccc(cc3)C(=O)OC[C@H]3O[C@@H](Oc4ccc(cc4)C(=O)OC[C@H]1O2)[C@H](OC(=O)c1ccccc1)[C@@H](O)[C@@H]3OC(=O)CC/C=C\C(C)=O. The Morgan fingerprint density at radius 3 is 1.23 bits per heavy atom. The van der Waals surface area contributed by atoms with Crippen molar-refractivity contribution in [1.82, 2.24) is 0 Å². The number of carbonyl (C=O) groups excluding carboxylic acids is 8. The van der Waals surface area contributed by atoms with Gasteiger partial charge in [0.1, 0.15) is 49.1 Å². The van der Waals surface area contributed by atoms with E-state index in [4.69, 9.17) is 47.4 Å². The molecule has 2 fully saturated rings. The average Bonchev–Trinajstić information content (AvgIpc) is 3.39. The van der Waals surface area contributed by atoms with Crippen LogP contribution in [0.5, 0.6) is 11.5 Å². The zero-order chi connectivity index (χ0) is 52.7. The first-order valence-electron chi connectivity index (χ1n) is 23.4. The molecule has 0 spiro atoms. The quantitative estimate of drug-likeness (QED) is 0.0978. The van der Waals surface area contributed by atoms with E-state index in [-0.39, 0.29) is 71.0 Å². The van der Waals surface area contributed by atoms with Crippen LogP contribution in [0.1, 0.15) is 81.0 Å². The van der Waals surface area contributed by atoms with E-state index in [9.17, 15) is 48.6 Å². The molecule has 6 aliphatic heterocycles. The summed E-state index contributed by atoms with van der Waals surface area (Å²) in [4.78, 5) is 104. The number of allylic oxidation sites excluding steroid dienone is 4. The van der Waals surface area contributed by atoms with E-state index in [0.717, 1.165) is 0 Å². The number of esters is 6. The second-order valence-corrected chi connectivity index (χ2v) is 17.0. The van der Waals surface area contributed by atoms with Gasteiger partial charge in [-0.2, -0.15) is 0 Å². The van der Waals surface area contributed by atoms with Crippen molar-refractivity contribution in [1.29, 1.82) is 0 Å². The Morgan fingerprint density at radius 2 is 0.878 bits per heavy atom. The molecule has 10 rings (SSSR count). The van der Waals surface area contributed by atoms with Gasteiger partial charge >= 0.3 is 35.8 Å². The van der Waals surface area contributed by atoms with Gasteiger partial charge in [-0.25, -0.2) is 19.2 Å². The molecule has 0 saturated carbocycles. The maximum atomic E-state index is 13.7. The molecule has 4 aromatic rings. The second-order valence-electron chi connectivity index (χ2n) is 17.0. The predicted octanol–water partition coefficient (Wildman–Crippen LogP) is 4.77. The monoisotopic (exact) mass is 1020 g/mol. The topological polar surface area (TPSA) is 269 Å². The molecule has 20 nitrogen and oxygen atoms in total. The van der Waals surface area contributed by atoms with E-state index < -0.39 is 110 Å². The number of carbonyl (C=O) groups is 8. The van der Waals surface area contributed by atoms with Crippen molar-refractivity contribution >= 4 is 47.4 Å². The minimum atomic E-state index is -1.86. The minimum Gasteiger partial charge on any atom is -0.461 e. The molecule has 8 bridgehead atoms. The summed E-state index contributed by atoms with van der Waals surface area (Å²) in [5, 5.41) is 23.9. The van der Waals surface area contributed by atoms with Crippen LogP contribution in [0.15, 0.2) is 133 Å². The van der Waals surface area contributed by atoms with Crippen molar-refractivity contribution in [2.75, 3.05) is 13.2 Å². The van der Waals surface area contributed by atoms with Crippen LogP contribution in [0.3, 0.4) is 0 Å². The molecule has 388 valence electrons. The van der Waals surface area contributed by atoms with Crippen LogP contribution >= 0.6 is 0 Å². The van der Waals surface area contributed by atoms with Crippen molar-refractivity contribution in [3.8, 4) is 11.5 Å². The summed E-state index contributed by atoms with van der Waals surface area (Å²) >= 11 is 0. The van der Waals surface area contributed by atoms with Crippen LogP contribution in [-0.4, -0.2) is 132 Å². The highest BCUT2D eigenvalue weighted by molar-refractivity contribution is 5.91. The van der Waals surface area contributed by atoms with Crippen LogP contribution < -0.4 is 9.47 Å². The molecule has 0 aromatic heterocycles. The van der Waals surface area contributed by atoms with Gasteiger partial charge in [0.2, 0.25) is 12.6 Å². The van der Waals surface area contributed by atoms with Gasteiger partial charge in [-0.1, -0.05) is 48.6 Å². The standard InChI is InChI=1S/C54H52O20/c1-31(55)13-9-11-19-41(57)71-45-39-29-65-49(61)35-21-27-38(28-22-35)68-54-48(74-52(64)34-17-7-4-8-18-34)44(60)46(72-42(58)20-12-10-14-32(2)56)40(70-54)30-66-50(62)36-23-25-37(26-24-36)67-53(69-39)47(43(45)59)73-51(63)33-15-5-3-6-16-33/h3-10,13-18,21-28,39-40,43-48,53-54,59-60H,11-12,19-20,29-30H2,1-2H3/b13-9-,14-10-/t39-,40-,43+,44+,45-,46-,47-,48-,53-,54-/m1/s1. The lowest BCUT2D eigenvalue weighted by molar-refractivity contribution is -0.280. The molecule has 10 atom stereocenters. The summed E-state index contributed by atoms with van der Waals surface area (Å²) in [7, 11) is 0. The van der Waals surface area contributed by atoms with Gasteiger partial charge in [-0.15, -0.1) is 0 Å². The summed E-state index contributed by atoms with van der Waals surface area (Å²) < 4.78 is 59.0.